The summed E-state index contributed by atoms with van der Waals surface area (Å²) >= 11 is 6.11. The van der Waals surface area contributed by atoms with Crippen LogP contribution in [0.4, 0.5) is 17.3 Å². The van der Waals surface area contributed by atoms with Crippen molar-refractivity contribution in [2.45, 2.75) is 26.7 Å². The number of nitrogens with one attached hydrogen (secondary N) is 4. The van der Waals surface area contributed by atoms with Gasteiger partial charge in [0.05, 0.1) is 23.5 Å². The third-order valence-corrected chi connectivity index (χ3v) is 6.31. The number of hydrogen-bond donors (Lipinski definition) is 4. The predicted molar refractivity (Wildman–Crippen MR) is 139 cm³/mol. The van der Waals surface area contributed by atoms with Crippen LogP contribution >= 0.6 is 11.6 Å². The third kappa shape index (κ3) is 4.92. The first-order valence-corrected chi connectivity index (χ1v) is 11.9. The predicted octanol–water partition coefficient (Wildman–Crippen LogP) is 4.35. The highest BCUT2D eigenvalue weighted by molar-refractivity contribution is 6.31. The molecule has 0 fully saturated rings. The highest BCUT2D eigenvalue weighted by atomic mass is 35.5. The maximum atomic E-state index is 12.6. The quantitative estimate of drug-likeness (QED) is 0.311. The van der Waals surface area contributed by atoms with E-state index in [2.05, 4.69) is 36.1 Å². The summed E-state index contributed by atoms with van der Waals surface area (Å²) in [5, 5.41) is 16.7. The van der Waals surface area contributed by atoms with Gasteiger partial charge in [-0.1, -0.05) is 11.6 Å². The van der Waals surface area contributed by atoms with Crippen LogP contribution in [0.3, 0.4) is 0 Å². The molecular formula is C26H24ClN7O2. The van der Waals surface area contributed by atoms with Crippen molar-refractivity contribution in [3.05, 3.63) is 81.8 Å². The van der Waals surface area contributed by atoms with Gasteiger partial charge in [0.1, 0.15) is 0 Å². The number of carbonyl (C=O) groups excluding carboxylic acids is 2. The van der Waals surface area contributed by atoms with Crippen LogP contribution in [0.2, 0.25) is 5.02 Å². The molecule has 2 aromatic heterocycles. The summed E-state index contributed by atoms with van der Waals surface area (Å²) in [4.78, 5) is 33.9. The van der Waals surface area contributed by atoms with Crippen LogP contribution in [0, 0.1) is 13.8 Å². The second-order valence-electron chi connectivity index (χ2n) is 8.60. The second-order valence-corrected chi connectivity index (χ2v) is 9.04. The van der Waals surface area contributed by atoms with E-state index in [1.165, 1.54) is 0 Å². The first-order chi connectivity index (χ1) is 17.4. The highest BCUT2D eigenvalue weighted by Gasteiger charge is 2.21. The lowest BCUT2D eigenvalue weighted by atomic mass is 10.1. The van der Waals surface area contributed by atoms with Crippen LogP contribution in [-0.2, 0) is 17.6 Å². The number of halogens is 1. The molecule has 0 saturated carbocycles. The van der Waals surface area contributed by atoms with Crippen molar-refractivity contribution < 1.29 is 9.59 Å². The molecule has 0 spiro atoms. The molecule has 0 bridgehead atoms. The molecule has 9 nitrogen and oxygen atoms in total. The Hall–Kier alpha value is -4.24. The van der Waals surface area contributed by atoms with Gasteiger partial charge < -0.3 is 16.0 Å². The van der Waals surface area contributed by atoms with Gasteiger partial charge in [0.2, 0.25) is 11.9 Å². The number of amides is 2. The Labute approximate surface area is 212 Å². The molecular weight excluding hydrogens is 478 g/mol. The highest BCUT2D eigenvalue weighted by Crippen LogP contribution is 2.34. The Morgan fingerprint density at radius 3 is 2.69 bits per heavy atom. The molecule has 0 radical (unpaired) electrons. The molecule has 10 heteroatoms. The van der Waals surface area contributed by atoms with E-state index < -0.39 is 0 Å². The Morgan fingerprint density at radius 2 is 1.94 bits per heavy atom. The molecule has 0 aliphatic carbocycles. The summed E-state index contributed by atoms with van der Waals surface area (Å²) in [6.45, 7) is 4.44. The topological polar surface area (TPSA) is 125 Å². The van der Waals surface area contributed by atoms with E-state index in [0.717, 1.165) is 33.8 Å². The number of rotatable bonds is 6. The van der Waals surface area contributed by atoms with E-state index in [-0.39, 0.29) is 18.2 Å². The summed E-state index contributed by atoms with van der Waals surface area (Å²) in [5.41, 5.74) is 7.17. The molecule has 2 amide bonds. The Kier molecular flexibility index (Phi) is 6.39. The molecule has 4 aromatic rings. The minimum absolute atomic E-state index is 0.144. The van der Waals surface area contributed by atoms with Crippen LogP contribution in [0.5, 0.6) is 0 Å². The van der Waals surface area contributed by atoms with Gasteiger partial charge in [0.25, 0.3) is 5.91 Å². The van der Waals surface area contributed by atoms with Gasteiger partial charge in [0.15, 0.2) is 0 Å². The molecule has 1 aliphatic heterocycles. The average Bonchev–Trinajstić information content (AvgIpc) is 3.10. The van der Waals surface area contributed by atoms with E-state index >= 15 is 0 Å². The maximum absolute atomic E-state index is 12.6. The van der Waals surface area contributed by atoms with E-state index in [1.54, 1.807) is 42.6 Å². The van der Waals surface area contributed by atoms with Crippen molar-refractivity contribution >= 4 is 40.7 Å². The molecule has 4 N–H and O–H groups in total. The Morgan fingerprint density at radius 1 is 1.14 bits per heavy atom. The fourth-order valence-corrected chi connectivity index (χ4v) is 4.37. The summed E-state index contributed by atoms with van der Waals surface area (Å²) in [7, 11) is 0. The van der Waals surface area contributed by atoms with Crippen molar-refractivity contribution in [3.8, 4) is 11.3 Å². The SMILES string of the molecule is Cc1n[nH]c(C)c1CCNC(=O)c1ccc(Nc2ncc3c(n2)-c2ccc(Cl)cc2NC(=O)C3)cc1. The van der Waals surface area contributed by atoms with Gasteiger partial charge in [-0.2, -0.15) is 5.10 Å². The first kappa shape index (κ1) is 23.5. The van der Waals surface area contributed by atoms with E-state index in [9.17, 15) is 9.59 Å². The number of benzene rings is 2. The molecule has 36 heavy (non-hydrogen) atoms. The number of anilines is 3. The van der Waals surface area contributed by atoms with Crippen molar-refractivity contribution in [1.82, 2.24) is 25.5 Å². The fourth-order valence-electron chi connectivity index (χ4n) is 4.20. The normalized spacial score (nSPS) is 12.2. The monoisotopic (exact) mass is 501 g/mol. The molecule has 0 atom stereocenters. The van der Waals surface area contributed by atoms with Crippen molar-refractivity contribution in [2.75, 3.05) is 17.2 Å². The van der Waals surface area contributed by atoms with Crippen LogP contribution in [0.1, 0.15) is 32.9 Å². The molecule has 1 aliphatic rings. The van der Waals surface area contributed by atoms with Gasteiger partial charge in [-0.05, 0) is 68.3 Å². The van der Waals surface area contributed by atoms with Gasteiger partial charge in [-0.25, -0.2) is 9.97 Å². The second kappa shape index (κ2) is 9.79. The van der Waals surface area contributed by atoms with Crippen molar-refractivity contribution in [2.24, 2.45) is 0 Å². The van der Waals surface area contributed by atoms with Crippen molar-refractivity contribution in [1.29, 1.82) is 0 Å². The number of nitrogens with zero attached hydrogens (tertiary/aromatic N) is 3. The zero-order valence-corrected chi connectivity index (χ0v) is 20.5. The van der Waals surface area contributed by atoms with E-state index in [1.807, 2.05) is 19.9 Å². The van der Waals surface area contributed by atoms with Crippen LogP contribution < -0.4 is 16.0 Å². The molecule has 5 rings (SSSR count). The lowest BCUT2D eigenvalue weighted by molar-refractivity contribution is -0.115. The number of hydrogen-bond acceptors (Lipinski definition) is 6. The molecule has 0 saturated heterocycles. The zero-order chi connectivity index (χ0) is 25.2. The summed E-state index contributed by atoms with van der Waals surface area (Å²) in [6.07, 6.45) is 2.54. The molecule has 3 heterocycles. The van der Waals surface area contributed by atoms with Crippen LogP contribution in [0.15, 0.2) is 48.7 Å². The summed E-state index contributed by atoms with van der Waals surface area (Å²) in [5.74, 6) is 0.0894. The lowest BCUT2D eigenvalue weighted by Crippen LogP contribution is -2.25. The van der Waals surface area contributed by atoms with E-state index in [0.29, 0.717) is 40.9 Å². The van der Waals surface area contributed by atoms with Gasteiger partial charge in [-0.3, -0.25) is 14.7 Å². The standard InChI is InChI=1S/C26H24ClN7O2/c1-14-20(15(2)34-33-14)9-10-28-25(36)16-3-6-19(7-4-16)30-26-29-13-17-11-23(35)31-22-12-18(27)5-8-21(22)24(17)32-26/h3-8,12-13H,9-11H2,1-2H3,(H,28,36)(H,31,35)(H,33,34)(H,29,30,32). The number of aromatic nitrogens is 4. The fraction of sp³-hybridized carbons (Fsp3) is 0.192. The minimum Gasteiger partial charge on any atom is -0.352 e. The molecule has 2 aromatic carbocycles. The largest absolute Gasteiger partial charge is 0.352 e. The maximum Gasteiger partial charge on any atom is 0.251 e. The molecule has 182 valence electrons. The van der Waals surface area contributed by atoms with Crippen LogP contribution in [-0.4, -0.2) is 38.5 Å². The number of carbonyl (C=O) groups is 2. The smallest absolute Gasteiger partial charge is 0.251 e. The summed E-state index contributed by atoms with van der Waals surface area (Å²) in [6, 6.07) is 12.4. The minimum atomic E-state index is -0.148. The Bertz CT molecular complexity index is 1440. The first-order valence-electron chi connectivity index (χ1n) is 11.5. The lowest BCUT2D eigenvalue weighted by Gasteiger charge is -2.11. The van der Waals surface area contributed by atoms with E-state index in [4.69, 9.17) is 11.6 Å². The van der Waals surface area contributed by atoms with Gasteiger partial charge in [-0.15, -0.1) is 0 Å². The zero-order valence-electron chi connectivity index (χ0n) is 19.8. The Balaban J connectivity index is 1.27. The average molecular weight is 502 g/mol. The number of aromatic amines is 1. The number of fused-ring (bicyclic) bond motifs is 3. The number of H-pyrrole nitrogens is 1. The summed E-state index contributed by atoms with van der Waals surface area (Å²) < 4.78 is 0. The van der Waals surface area contributed by atoms with Crippen LogP contribution in [0.25, 0.3) is 11.3 Å². The molecule has 0 unspecified atom stereocenters. The van der Waals surface area contributed by atoms with Gasteiger partial charge in [0, 0.05) is 45.8 Å². The van der Waals surface area contributed by atoms with Gasteiger partial charge >= 0.3 is 0 Å². The third-order valence-electron chi connectivity index (χ3n) is 6.07. The number of aryl methyl sites for hydroxylation is 2. The van der Waals surface area contributed by atoms with Crippen molar-refractivity contribution in [3.63, 3.8) is 0 Å².